The smallest absolute Gasteiger partial charge is 0.242 e. The summed E-state index contributed by atoms with van der Waals surface area (Å²) in [7, 11) is 0. The second-order valence-corrected chi connectivity index (χ2v) is 4.32. The maximum absolute atomic E-state index is 12.0. The molecule has 0 aliphatic heterocycles. The van der Waals surface area contributed by atoms with Gasteiger partial charge < -0.3 is 11.1 Å². The van der Waals surface area contributed by atoms with Crippen molar-refractivity contribution in [2.75, 3.05) is 5.32 Å². The van der Waals surface area contributed by atoms with E-state index < -0.39 is 6.04 Å². The highest BCUT2D eigenvalue weighted by atomic mass is 16.2. The fraction of sp³-hybridized carbons (Fsp3) is 0.286. The Morgan fingerprint density at radius 1 is 1.37 bits per heavy atom. The summed E-state index contributed by atoms with van der Waals surface area (Å²) in [6.45, 7) is 2.67. The van der Waals surface area contributed by atoms with Gasteiger partial charge in [-0.05, 0) is 18.9 Å². The molecule has 0 fully saturated rings. The van der Waals surface area contributed by atoms with Crippen molar-refractivity contribution in [2.45, 2.75) is 25.9 Å². The molecule has 1 aromatic carbocycles. The zero-order chi connectivity index (χ0) is 13.7. The average molecular weight is 258 g/mol. The van der Waals surface area contributed by atoms with E-state index >= 15 is 0 Å². The van der Waals surface area contributed by atoms with Crippen LogP contribution in [0.5, 0.6) is 0 Å². The van der Waals surface area contributed by atoms with Crippen molar-refractivity contribution in [3.8, 4) is 0 Å². The van der Waals surface area contributed by atoms with Crippen molar-refractivity contribution in [2.24, 2.45) is 5.73 Å². The van der Waals surface area contributed by atoms with Gasteiger partial charge in [-0.1, -0.05) is 30.3 Å². The predicted octanol–water partition coefficient (Wildman–Crippen LogP) is 1.41. The van der Waals surface area contributed by atoms with Gasteiger partial charge in [0.15, 0.2) is 0 Å². The summed E-state index contributed by atoms with van der Waals surface area (Å²) in [5.74, 6) is 0.482. The second-order valence-electron chi connectivity index (χ2n) is 4.32. The molecule has 1 atom stereocenters. The Morgan fingerprint density at radius 2 is 2.11 bits per heavy atom. The van der Waals surface area contributed by atoms with Gasteiger partial charge in [-0.15, -0.1) is 0 Å². The fourth-order valence-corrected chi connectivity index (χ4v) is 1.87. The molecule has 0 spiro atoms. The van der Waals surface area contributed by atoms with Crippen LogP contribution in [0.2, 0.25) is 0 Å². The van der Waals surface area contributed by atoms with E-state index in [1.165, 1.54) is 0 Å². The first-order valence-corrected chi connectivity index (χ1v) is 6.33. The first-order chi connectivity index (χ1) is 9.20. The summed E-state index contributed by atoms with van der Waals surface area (Å²) in [5, 5.41) is 6.89. The number of aryl methyl sites for hydroxylation is 1. The van der Waals surface area contributed by atoms with E-state index in [2.05, 4.69) is 10.4 Å². The van der Waals surface area contributed by atoms with Gasteiger partial charge in [-0.25, -0.2) is 4.68 Å². The van der Waals surface area contributed by atoms with Gasteiger partial charge in [0.2, 0.25) is 5.91 Å². The summed E-state index contributed by atoms with van der Waals surface area (Å²) in [5.41, 5.74) is 6.97. The SMILES string of the molecule is CCn1nccc1NC(=O)[C@@H](N)Cc1ccccc1. The highest BCUT2D eigenvalue weighted by molar-refractivity contribution is 5.94. The lowest BCUT2D eigenvalue weighted by atomic mass is 10.1. The van der Waals surface area contributed by atoms with Gasteiger partial charge in [0.05, 0.1) is 12.2 Å². The van der Waals surface area contributed by atoms with E-state index in [1.807, 2.05) is 37.3 Å². The summed E-state index contributed by atoms with van der Waals surface area (Å²) in [6, 6.07) is 10.9. The number of nitrogens with zero attached hydrogens (tertiary/aromatic N) is 2. The molecule has 1 aromatic heterocycles. The van der Waals surface area contributed by atoms with Crippen LogP contribution in [0.3, 0.4) is 0 Å². The van der Waals surface area contributed by atoms with Crippen LogP contribution in [-0.4, -0.2) is 21.7 Å². The monoisotopic (exact) mass is 258 g/mol. The lowest BCUT2D eigenvalue weighted by Crippen LogP contribution is -2.37. The Balaban J connectivity index is 1.96. The molecule has 1 amide bonds. The van der Waals surface area contributed by atoms with E-state index in [0.717, 1.165) is 5.56 Å². The number of nitrogens with one attached hydrogen (secondary N) is 1. The summed E-state index contributed by atoms with van der Waals surface area (Å²) in [4.78, 5) is 12.0. The number of nitrogens with two attached hydrogens (primary N) is 1. The van der Waals surface area contributed by atoms with Gasteiger partial charge in [0, 0.05) is 12.6 Å². The molecule has 100 valence electrons. The molecule has 2 rings (SSSR count). The highest BCUT2D eigenvalue weighted by Gasteiger charge is 2.15. The predicted molar refractivity (Wildman–Crippen MR) is 74.7 cm³/mol. The molecule has 0 saturated heterocycles. The van der Waals surface area contributed by atoms with Gasteiger partial charge in [-0.3, -0.25) is 4.79 Å². The Labute approximate surface area is 112 Å². The third-order valence-electron chi connectivity index (χ3n) is 2.90. The van der Waals surface area contributed by atoms with Gasteiger partial charge in [0.1, 0.15) is 5.82 Å². The van der Waals surface area contributed by atoms with Crippen molar-refractivity contribution in [3.05, 3.63) is 48.2 Å². The Morgan fingerprint density at radius 3 is 2.79 bits per heavy atom. The molecule has 0 bridgehead atoms. The number of aromatic nitrogens is 2. The summed E-state index contributed by atoms with van der Waals surface area (Å²) in [6.07, 6.45) is 2.18. The van der Waals surface area contributed by atoms with Crippen molar-refractivity contribution >= 4 is 11.7 Å². The van der Waals surface area contributed by atoms with Crippen molar-refractivity contribution in [3.63, 3.8) is 0 Å². The molecule has 5 nitrogen and oxygen atoms in total. The maximum Gasteiger partial charge on any atom is 0.242 e. The van der Waals surface area contributed by atoms with E-state index in [-0.39, 0.29) is 5.91 Å². The van der Waals surface area contributed by atoms with Crippen molar-refractivity contribution < 1.29 is 4.79 Å². The molecule has 0 radical (unpaired) electrons. The number of rotatable bonds is 5. The van der Waals surface area contributed by atoms with Crippen LogP contribution in [0, 0.1) is 0 Å². The number of carbonyl (C=O) groups excluding carboxylic acids is 1. The molecule has 19 heavy (non-hydrogen) atoms. The first kappa shape index (κ1) is 13.3. The average Bonchev–Trinajstić information content (AvgIpc) is 2.87. The quantitative estimate of drug-likeness (QED) is 0.851. The minimum atomic E-state index is -0.567. The highest BCUT2D eigenvalue weighted by Crippen LogP contribution is 2.08. The van der Waals surface area contributed by atoms with E-state index in [9.17, 15) is 4.79 Å². The van der Waals surface area contributed by atoms with Crippen LogP contribution < -0.4 is 11.1 Å². The number of hydrogen-bond acceptors (Lipinski definition) is 3. The van der Waals surface area contributed by atoms with Gasteiger partial charge >= 0.3 is 0 Å². The van der Waals surface area contributed by atoms with Crippen molar-refractivity contribution in [1.82, 2.24) is 9.78 Å². The molecule has 0 unspecified atom stereocenters. The number of amides is 1. The van der Waals surface area contributed by atoms with Crippen LogP contribution in [0.25, 0.3) is 0 Å². The lowest BCUT2D eigenvalue weighted by Gasteiger charge is -2.13. The zero-order valence-corrected chi connectivity index (χ0v) is 10.9. The van der Waals surface area contributed by atoms with Crippen LogP contribution in [0.15, 0.2) is 42.6 Å². The Hall–Kier alpha value is -2.14. The molecule has 2 aromatic rings. The van der Waals surface area contributed by atoms with E-state index in [0.29, 0.717) is 18.8 Å². The molecule has 1 heterocycles. The molecular weight excluding hydrogens is 240 g/mol. The minimum absolute atomic E-state index is 0.195. The molecule has 0 saturated carbocycles. The summed E-state index contributed by atoms with van der Waals surface area (Å²) < 4.78 is 1.72. The molecular formula is C14H18N4O. The van der Waals surface area contributed by atoms with Crippen LogP contribution in [0.4, 0.5) is 5.82 Å². The number of hydrogen-bond donors (Lipinski definition) is 2. The zero-order valence-electron chi connectivity index (χ0n) is 10.9. The first-order valence-electron chi connectivity index (χ1n) is 6.33. The lowest BCUT2D eigenvalue weighted by molar-refractivity contribution is -0.117. The Bertz CT molecular complexity index is 535. The molecule has 0 aliphatic rings. The number of benzene rings is 1. The van der Waals surface area contributed by atoms with Crippen LogP contribution in [-0.2, 0) is 17.8 Å². The topological polar surface area (TPSA) is 72.9 Å². The number of anilines is 1. The normalized spacial score (nSPS) is 12.1. The van der Waals surface area contributed by atoms with E-state index in [1.54, 1.807) is 16.9 Å². The summed E-state index contributed by atoms with van der Waals surface area (Å²) >= 11 is 0. The Kier molecular flexibility index (Phi) is 4.30. The third-order valence-corrected chi connectivity index (χ3v) is 2.90. The third kappa shape index (κ3) is 3.42. The standard InChI is InChI=1S/C14H18N4O/c1-2-18-13(8-9-16-18)17-14(19)12(15)10-11-6-4-3-5-7-11/h3-9,12H,2,10,15H2,1H3,(H,17,19)/t12-/m0/s1. The molecule has 0 aliphatic carbocycles. The van der Waals surface area contributed by atoms with E-state index in [4.69, 9.17) is 5.73 Å². The molecule has 3 N–H and O–H groups in total. The fourth-order valence-electron chi connectivity index (χ4n) is 1.87. The van der Waals surface area contributed by atoms with Crippen molar-refractivity contribution in [1.29, 1.82) is 0 Å². The van der Waals surface area contributed by atoms with Crippen LogP contribution in [0.1, 0.15) is 12.5 Å². The van der Waals surface area contributed by atoms with Gasteiger partial charge in [0.25, 0.3) is 0 Å². The molecule has 5 heteroatoms. The van der Waals surface area contributed by atoms with Gasteiger partial charge in [-0.2, -0.15) is 5.10 Å². The largest absolute Gasteiger partial charge is 0.320 e. The van der Waals surface area contributed by atoms with Crippen LogP contribution >= 0.6 is 0 Å². The second kappa shape index (κ2) is 6.15. The number of carbonyl (C=O) groups is 1. The maximum atomic E-state index is 12.0. The minimum Gasteiger partial charge on any atom is -0.320 e.